The number of carbonyl (C=O) groups is 2. The first-order valence-electron chi connectivity index (χ1n) is 5.99. The van der Waals surface area contributed by atoms with E-state index < -0.39 is 11.5 Å². The van der Waals surface area contributed by atoms with Gasteiger partial charge in [-0.1, -0.05) is 13.8 Å². The van der Waals surface area contributed by atoms with Gasteiger partial charge < -0.3 is 15.7 Å². The quantitative estimate of drug-likeness (QED) is 0.559. The molecule has 5 nitrogen and oxygen atoms in total. The Hall–Kier alpha value is -1.10. The summed E-state index contributed by atoms with van der Waals surface area (Å²) in [6.45, 7) is 8.33. The van der Waals surface area contributed by atoms with Crippen LogP contribution in [0.2, 0.25) is 0 Å². The second-order valence-electron chi connectivity index (χ2n) is 5.21. The van der Waals surface area contributed by atoms with E-state index in [0.717, 1.165) is 13.0 Å². The Balaban J connectivity index is 3.81. The monoisotopic (exact) mass is 244 g/mol. The summed E-state index contributed by atoms with van der Waals surface area (Å²) in [6.07, 6.45) is 1.11. The van der Waals surface area contributed by atoms with E-state index in [0.29, 0.717) is 12.5 Å². The molecule has 5 heteroatoms. The maximum absolute atomic E-state index is 11.6. The zero-order valence-corrected chi connectivity index (χ0v) is 11.2. The van der Waals surface area contributed by atoms with Gasteiger partial charge in [-0.2, -0.15) is 0 Å². The molecule has 0 aromatic carbocycles. The average molecular weight is 244 g/mol. The topological polar surface area (TPSA) is 78.4 Å². The van der Waals surface area contributed by atoms with Gasteiger partial charge in [-0.15, -0.1) is 0 Å². The number of nitrogens with one attached hydrogen (secondary N) is 2. The molecule has 1 amide bonds. The fraction of sp³-hybridized carbons (Fsp3) is 0.833. The highest BCUT2D eigenvalue weighted by atomic mass is 16.4. The Morgan fingerprint density at radius 2 is 1.88 bits per heavy atom. The molecule has 0 rings (SSSR count). The molecule has 0 saturated carbocycles. The van der Waals surface area contributed by atoms with Crippen molar-refractivity contribution in [2.24, 2.45) is 0 Å². The molecule has 100 valence electrons. The number of hydrogen-bond acceptors (Lipinski definition) is 3. The van der Waals surface area contributed by atoms with Gasteiger partial charge in [0.1, 0.15) is 0 Å². The lowest BCUT2D eigenvalue weighted by Gasteiger charge is -2.24. The molecular formula is C12H24N2O3. The van der Waals surface area contributed by atoms with E-state index in [2.05, 4.69) is 24.5 Å². The lowest BCUT2D eigenvalue weighted by Crippen LogP contribution is -2.45. The highest BCUT2D eigenvalue weighted by Crippen LogP contribution is 2.08. The number of carboxylic acid groups (broad SMARTS) is 1. The van der Waals surface area contributed by atoms with Crippen LogP contribution >= 0.6 is 0 Å². The standard InChI is InChI=1S/C12H24N2O3/c1-9(2)13-7-5-6-10(15)14-12(3,4)8-11(16)17/h9,13H,5-8H2,1-4H3,(H,14,15)(H,16,17). The van der Waals surface area contributed by atoms with Crippen LogP contribution in [0.3, 0.4) is 0 Å². The fourth-order valence-electron chi connectivity index (χ4n) is 1.50. The third kappa shape index (κ3) is 9.81. The van der Waals surface area contributed by atoms with Crippen molar-refractivity contribution in [2.45, 2.75) is 58.5 Å². The predicted octanol–water partition coefficient (Wildman–Crippen LogP) is 1.13. The maximum Gasteiger partial charge on any atom is 0.305 e. The molecule has 0 aliphatic rings. The molecule has 0 heterocycles. The third-order valence-corrected chi connectivity index (χ3v) is 2.20. The number of aliphatic carboxylic acids is 1. The first-order chi connectivity index (χ1) is 7.73. The van der Waals surface area contributed by atoms with Gasteiger partial charge in [-0.05, 0) is 26.8 Å². The lowest BCUT2D eigenvalue weighted by molar-refractivity contribution is -0.138. The Labute approximate surface area is 103 Å². The number of rotatable bonds is 8. The van der Waals surface area contributed by atoms with Gasteiger partial charge in [0.2, 0.25) is 5.91 Å². The number of amides is 1. The highest BCUT2D eigenvalue weighted by molar-refractivity contribution is 5.78. The first-order valence-corrected chi connectivity index (χ1v) is 5.99. The van der Waals surface area contributed by atoms with Gasteiger partial charge in [-0.3, -0.25) is 9.59 Å². The normalized spacial score (nSPS) is 11.6. The average Bonchev–Trinajstić information content (AvgIpc) is 2.08. The predicted molar refractivity (Wildman–Crippen MR) is 66.8 cm³/mol. The lowest BCUT2D eigenvalue weighted by atomic mass is 10.0. The number of carboxylic acids is 1. The summed E-state index contributed by atoms with van der Waals surface area (Å²) in [6, 6.07) is 0.418. The SMILES string of the molecule is CC(C)NCCCC(=O)NC(C)(C)CC(=O)O. The smallest absolute Gasteiger partial charge is 0.305 e. The molecule has 0 aliphatic carbocycles. The van der Waals surface area contributed by atoms with Crippen LogP contribution in [0.4, 0.5) is 0 Å². The van der Waals surface area contributed by atoms with Crippen LogP contribution in [0, 0.1) is 0 Å². The van der Waals surface area contributed by atoms with E-state index in [1.165, 1.54) is 0 Å². The van der Waals surface area contributed by atoms with Crippen molar-refractivity contribution < 1.29 is 14.7 Å². The van der Waals surface area contributed by atoms with Crippen molar-refractivity contribution in [1.82, 2.24) is 10.6 Å². The van der Waals surface area contributed by atoms with Crippen LogP contribution in [-0.4, -0.2) is 35.1 Å². The zero-order chi connectivity index (χ0) is 13.5. The molecule has 0 aromatic heterocycles. The second kappa shape index (κ2) is 7.27. The number of hydrogen-bond donors (Lipinski definition) is 3. The Bertz CT molecular complexity index is 262. The number of carbonyl (C=O) groups excluding carboxylic acids is 1. The summed E-state index contributed by atoms with van der Waals surface area (Å²) in [5.74, 6) is -1.00. The molecule has 0 radical (unpaired) electrons. The molecular weight excluding hydrogens is 220 g/mol. The van der Waals surface area contributed by atoms with Crippen LogP contribution in [0.25, 0.3) is 0 Å². The molecule has 0 unspecified atom stereocenters. The van der Waals surface area contributed by atoms with Gasteiger partial charge in [0, 0.05) is 18.0 Å². The van der Waals surface area contributed by atoms with E-state index in [4.69, 9.17) is 5.11 Å². The summed E-state index contributed by atoms with van der Waals surface area (Å²) in [5, 5.41) is 14.6. The van der Waals surface area contributed by atoms with E-state index in [9.17, 15) is 9.59 Å². The van der Waals surface area contributed by atoms with Gasteiger partial charge in [0.15, 0.2) is 0 Å². The first kappa shape index (κ1) is 15.9. The van der Waals surface area contributed by atoms with E-state index >= 15 is 0 Å². The third-order valence-electron chi connectivity index (χ3n) is 2.20. The van der Waals surface area contributed by atoms with Crippen molar-refractivity contribution in [2.75, 3.05) is 6.54 Å². The molecule has 0 fully saturated rings. The Kier molecular flexibility index (Phi) is 6.80. The maximum atomic E-state index is 11.6. The molecule has 0 atom stereocenters. The molecule has 17 heavy (non-hydrogen) atoms. The summed E-state index contributed by atoms with van der Waals surface area (Å²) in [7, 11) is 0. The van der Waals surface area contributed by atoms with E-state index in [-0.39, 0.29) is 12.3 Å². The Morgan fingerprint density at radius 1 is 1.29 bits per heavy atom. The molecule has 0 bridgehead atoms. The highest BCUT2D eigenvalue weighted by Gasteiger charge is 2.23. The van der Waals surface area contributed by atoms with Gasteiger partial charge >= 0.3 is 5.97 Å². The van der Waals surface area contributed by atoms with Crippen molar-refractivity contribution in [1.29, 1.82) is 0 Å². The molecule has 3 N–H and O–H groups in total. The Morgan fingerprint density at radius 3 is 2.35 bits per heavy atom. The minimum absolute atomic E-state index is 0.0665. The van der Waals surface area contributed by atoms with E-state index in [1.807, 2.05) is 0 Å². The van der Waals surface area contributed by atoms with Crippen molar-refractivity contribution >= 4 is 11.9 Å². The van der Waals surface area contributed by atoms with Crippen LogP contribution in [0.15, 0.2) is 0 Å². The van der Waals surface area contributed by atoms with Crippen molar-refractivity contribution in [3.05, 3.63) is 0 Å². The van der Waals surface area contributed by atoms with Gasteiger partial charge in [0.25, 0.3) is 0 Å². The zero-order valence-electron chi connectivity index (χ0n) is 11.2. The summed E-state index contributed by atoms with van der Waals surface area (Å²) >= 11 is 0. The largest absolute Gasteiger partial charge is 0.481 e. The van der Waals surface area contributed by atoms with Crippen molar-refractivity contribution in [3.63, 3.8) is 0 Å². The van der Waals surface area contributed by atoms with Gasteiger partial charge in [0.05, 0.1) is 6.42 Å². The summed E-state index contributed by atoms with van der Waals surface area (Å²) < 4.78 is 0. The summed E-state index contributed by atoms with van der Waals surface area (Å²) in [5.41, 5.74) is -0.686. The molecule has 0 aromatic rings. The minimum atomic E-state index is -0.906. The van der Waals surface area contributed by atoms with Gasteiger partial charge in [-0.25, -0.2) is 0 Å². The molecule has 0 spiro atoms. The van der Waals surface area contributed by atoms with Crippen molar-refractivity contribution in [3.8, 4) is 0 Å². The molecule has 0 saturated heterocycles. The van der Waals surface area contributed by atoms with Crippen LogP contribution in [0.1, 0.15) is 47.0 Å². The van der Waals surface area contributed by atoms with Crippen LogP contribution in [0.5, 0.6) is 0 Å². The minimum Gasteiger partial charge on any atom is -0.481 e. The van der Waals surface area contributed by atoms with E-state index in [1.54, 1.807) is 13.8 Å². The molecule has 0 aliphatic heterocycles. The second-order valence-corrected chi connectivity index (χ2v) is 5.21. The van der Waals surface area contributed by atoms with Crippen LogP contribution < -0.4 is 10.6 Å². The fourth-order valence-corrected chi connectivity index (χ4v) is 1.50. The summed E-state index contributed by atoms with van der Waals surface area (Å²) in [4.78, 5) is 22.1. The van der Waals surface area contributed by atoms with Crippen LogP contribution in [-0.2, 0) is 9.59 Å².